The molecule has 0 saturated carbocycles. The van der Waals surface area contributed by atoms with Crippen LogP contribution in [0.4, 0.5) is 0 Å². The number of hydrogen-bond donors (Lipinski definition) is 2. The molecule has 0 spiro atoms. The highest BCUT2D eigenvalue weighted by molar-refractivity contribution is 6.12. The molecule has 0 fully saturated rings. The second-order valence-electron chi connectivity index (χ2n) is 5.90. The molecule has 0 aromatic rings. The van der Waals surface area contributed by atoms with Crippen molar-refractivity contribution in [2.75, 3.05) is 39.3 Å². The predicted molar refractivity (Wildman–Crippen MR) is 77.1 cm³/mol. The predicted octanol–water partition coefficient (Wildman–Crippen LogP) is -0.406. The summed E-state index contributed by atoms with van der Waals surface area (Å²) in [4.78, 5) is 26.1. The molecule has 0 aliphatic carbocycles. The van der Waals surface area contributed by atoms with Gasteiger partial charge in [0.15, 0.2) is 0 Å². The summed E-state index contributed by atoms with van der Waals surface area (Å²) in [6.45, 7) is 9.38. The van der Waals surface area contributed by atoms with Crippen molar-refractivity contribution in [3.8, 4) is 0 Å². The number of nitrogens with one attached hydrogen (secondary N) is 1. The molecule has 0 saturated heterocycles. The molecule has 0 aromatic heterocycles. The highest BCUT2D eigenvalue weighted by Gasteiger charge is 2.23. The summed E-state index contributed by atoms with van der Waals surface area (Å²) in [7, 11) is 0. The molecule has 6 nitrogen and oxygen atoms in total. The first-order valence-electron chi connectivity index (χ1n) is 6.95. The summed E-state index contributed by atoms with van der Waals surface area (Å²) in [5.74, 6) is -0.515. The van der Waals surface area contributed by atoms with Gasteiger partial charge in [0.1, 0.15) is 0 Å². The lowest BCUT2D eigenvalue weighted by molar-refractivity contribution is -0.137. The van der Waals surface area contributed by atoms with Crippen molar-refractivity contribution < 1.29 is 14.7 Å². The van der Waals surface area contributed by atoms with Crippen LogP contribution in [0.25, 0.3) is 0 Å². The summed E-state index contributed by atoms with van der Waals surface area (Å²) >= 11 is 0. The molecule has 0 aromatic carbocycles. The molecule has 1 heterocycles. The second-order valence-corrected chi connectivity index (χ2v) is 5.90. The summed E-state index contributed by atoms with van der Waals surface area (Å²) in [5.41, 5.74) is 0.0513. The van der Waals surface area contributed by atoms with Crippen LogP contribution in [-0.2, 0) is 9.59 Å². The first kappa shape index (κ1) is 16.8. The van der Waals surface area contributed by atoms with Gasteiger partial charge in [0.05, 0.1) is 6.61 Å². The van der Waals surface area contributed by atoms with E-state index in [4.69, 9.17) is 5.11 Å². The number of amides is 2. The van der Waals surface area contributed by atoms with E-state index in [0.717, 1.165) is 13.1 Å². The molecule has 2 amide bonds. The Bertz CT molecular complexity index is 356. The van der Waals surface area contributed by atoms with Gasteiger partial charge in [-0.3, -0.25) is 19.4 Å². The van der Waals surface area contributed by atoms with E-state index >= 15 is 0 Å². The summed E-state index contributed by atoms with van der Waals surface area (Å²) in [6, 6.07) is 0. The lowest BCUT2D eigenvalue weighted by atomic mass is 10.1. The summed E-state index contributed by atoms with van der Waals surface area (Å²) in [5, 5.41) is 12.4. The minimum Gasteiger partial charge on any atom is -0.395 e. The van der Waals surface area contributed by atoms with Gasteiger partial charge in [-0.25, -0.2) is 0 Å². The Morgan fingerprint density at radius 2 is 1.75 bits per heavy atom. The van der Waals surface area contributed by atoms with E-state index < -0.39 is 0 Å². The van der Waals surface area contributed by atoms with Crippen LogP contribution in [0.5, 0.6) is 0 Å². The highest BCUT2D eigenvalue weighted by atomic mass is 16.3. The Hall–Kier alpha value is -1.24. The van der Waals surface area contributed by atoms with Gasteiger partial charge in [-0.15, -0.1) is 0 Å². The average molecular weight is 283 g/mol. The molecule has 1 rings (SSSR count). The SMILES string of the molecule is CC(C)(C)NCCN(CCO)CCN1C(=O)C=CC1=O. The van der Waals surface area contributed by atoms with Gasteiger partial charge < -0.3 is 10.4 Å². The van der Waals surface area contributed by atoms with Gasteiger partial charge in [-0.05, 0) is 20.8 Å². The lowest BCUT2D eigenvalue weighted by Crippen LogP contribution is -2.44. The van der Waals surface area contributed by atoms with Crippen molar-refractivity contribution >= 4 is 11.8 Å². The van der Waals surface area contributed by atoms with Crippen molar-refractivity contribution in [3.63, 3.8) is 0 Å². The van der Waals surface area contributed by atoms with Crippen LogP contribution in [0, 0.1) is 0 Å². The minimum absolute atomic E-state index is 0.0513. The monoisotopic (exact) mass is 283 g/mol. The first-order valence-corrected chi connectivity index (χ1v) is 6.95. The van der Waals surface area contributed by atoms with Crippen molar-refractivity contribution in [3.05, 3.63) is 12.2 Å². The zero-order valence-corrected chi connectivity index (χ0v) is 12.6. The van der Waals surface area contributed by atoms with Gasteiger partial charge >= 0.3 is 0 Å². The number of imide groups is 1. The third-order valence-corrected chi connectivity index (χ3v) is 3.04. The van der Waals surface area contributed by atoms with E-state index in [-0.39, 0.29) is 24.0 Å². The minimum atomic E-state index is -0.258. The number of hydrogen-bond acceptors (Lipinski definition) is 5. The molecule has 0 unspecified atom stereocenters. The number of carbonyl (C=O) groups is 2. The third kappa shape index (κ3) is 5.81. The van der Waals surface area contributed by atoms with Crippen LogP contribution >= 0.6 is 0 Å². The number of rotatable bonds is 8. The normalized spacial score (nSPS) is 15.8. The zero-order chi connectivity index (χ0) is 15.2. The lowest BCUT2D eigenvalue weighted by Gasteiger charge is -2.26. The molecule has 114 valence electrons. The maximum Gasteiger partial charge on any atom is 0.253 e. The van der Waals surface area contributed by atoms with Crippen molar-refractivity contribution in [2.45, 2.75) is 26.3 Å². The Morgan fingerprint density at radius 3 is 2.25 bits per heavy atom. The Morgan fingerprint density at radius 1 is 1.15 bits per heavy atom. The third-order valence-electron chi connectivity index (χ3n) is 3.04. The Balaban J connectivity index is 2.35. The van der Waals surface area contributed by atoms with E-state index in [9.17, 15) is 9.59 Å². The quantitative estimate of drug-likeness (QED) is 0.593. The van der Waals surface area contributed by atoms with E-state index in [1.807, 2.05) is 4.90 Å². The van der Waals surface area contributed by atoms with Crippen LogP contribution in [0.15, 0.2) is 12.2 Å². The average Bonchev–Trinajstić information content (AvgIpc) is 2.65. The van der Waals surface area contributed by atoms with E-state index in [1.165, 1.54) is 17.1 Å². The van der Waals surface area contributed by atoms with Gasteiger partial charge in [0.25, 0.3) is 11.8 Å². The van der Waals surface area contributed by atoms with E-state index in [0.29, 0.717) is 19.6 Å². The summed E-state index contributed by atoms with van der Waals surface area (Å²) < 4.78 is 0. The molecule has 20 heavy (non-hydrogen) atoms. The molecule has 2 N–H and O–H groups in total. The molecule has 1 aliphatic heterocycles. The molecular formula is C14H25N3O3. The van der Waals surface area contributed by atoms with Gasteiger partial charge in [0.2, 0.25) is 0 Å². The first-order chi connectivity index (χ1) is 9.33. The molecular weight excluding hydrogens is 258 g/mol. The molecule has 0 atom stereocenters. The Labute approximate surface area is 120 Å². The van der Waals surface area contributed by atoms with Crippen molar-refractivity contribution in [1.82, 2.24) is 15.1 Å². The molecule has 6 heteroatoms. The fourth-order valence-corrected chi connectivity index (χ4v) is 1.96. The maximum atomic E-state index is 11.4. The zero-order valence-electron chi connectivity index (χ0n) is 12.6. The van der Waals surface area contributed by atoms with Gasteiger partial charge in [-0.2, -0.15) is 0 Å². The fourth-order valence-electron chi connectivity index (χ4n) is 1.96. The topological polar surface area (TPSA) is 72.9 Å². The van der Waals surface area contributed by atoms with Crippen molar-refractivity contribution in [1.29, 1.82) is 0 Å². The molecule has 1 aliphatic rings. The Kier molecular flexibility index (Phi) is 6.32. The van der Waals surface area contributed by atoms with E-state index in [1.54, 1.807) is 0 Å². The largest absolute Gasteiger partial charge is 0.395 e. The van der Waals surface area contributed by atoms with Crippen LogP contribution in [0.2, 0.25) is 0 Å². The maximum absolute atomic E-state index is 11.4. The van der Waals surface area contributed by atoms with Crippen molar-refractivity contribution in [2.24, 2.45) is 0 Å². The van der Waals surface area contributed by atoms with E-state index in [2.05, 4.69) is 26.1 Å². The van der Waals surface area contributed by atoms with Gasteiger partial charge in [-0.1, -0.05) is 0 Å². The van der Waals surface area contributed by atoms with Crippen LogP contribution in [0.1, 0.15) is 20.8 Å². The van der Waals surface area contributed by atoms with Crippen LogP contribution in [-0.4, -0.2) is 71.6 Å². The number of aliphatic hydroxyl groups is 1. The highest BCUT2D eigenvalue weighted by Crippen LogP contribution is 2.03. The number of aliphatic hydroxyl groups excluding tert-OH is 1. The number of carbonyl (C=O) groups excluding carboxylic acids is 2. The van der Waals surface area contributed by atoms with Gasteiger partial charge in [0, 0.05) is 50.4 Å². The second kappa shape index (κ2) is 7.52. The summed E-state index contributed by atoms with van der Waals surface area (Å²) in [6.07, 6.45) is 2.58. The smallest absolute Gasteiger partial charge is 0.253 e. The van der Waals surface area contributed by atoms with Crippen LogP contribution < -0.4 is 5.32 Å². The van der Waals surface area contributed by atoms with Crippen LogP contribution in [0.3, 0.4) is 0 Å². The number of nitrogens with zero attached hydrogens (tertiary/aromatic N) is 2. The fraction of sp³-hybridized carbons (Fsp3) is 0.714. The molecule has 0 radical (unpaired) electrons. The molecule has 0 bridgehead atoms. The standard InChI is InChI=1S/C14H25N3O3/c1-14(2,3)15-6-7-16(10-11-18)8-9-17-12(19)4-5-13(17)20/h4-5,15,18H,6-11H2,1-3H3.